The van der Waals surface area contributed by atoms with Gasteiger partial charge in [-0.1, -0.05) is 48.5 Å². The Kier molecular flexibility index (Phi) is 20.0. The molecule has 0 unspecified atom stereocenters. The van der Waals surface area contributed by atoms with Crippen molar-refractivity contribution in [1.82, 2.24) is 57.5 Å². The van der Waals surface area contributed by atoms with E-state index >= 15 is 0 Å². The Labute approximate surface area is 409 Å². The molecule has 16 N–H and O–H groups in total. The topological polar surface area (TPSA) is 385 Å². The van der Waals surface area contributed by atoms with Gasteiger partial charge in [-0.15, -0.1) is 0 Å². The zero-order valence-corrected chi connectivity index (χ0v) is 39.5. The largest absolute Gasteiger partial charge is 0.370 e. The van der Waals surface area contributed by atoms with E-state index < -0.39 is 102 Å². The fourth-order valence-corrected chi connectivity index (χ4v) is 7.85. The van der Waals surface area contributed by atoms with E-state index in [0.29, 0.717) is 29.7 Å². The first-order valence-corrected chi connectivity index (χ1v) is 23.2. The van der Waals surface area contributed by atoms with Crippen molar-refractivity contribution in [3.05, 3.63) is 90.1 Å². The Morgan fingerprint density at radius 3 is 2.03 bits per heavy atom. The quantitative estimate of drug-likeness (QED) is 0.0401. The summed E-state index contributed by atoms with van der Waals surface area (Å²) in [6.07, 6.45) is 4.38. The summed E-state index contributed by atoms with van der Waals surface area (Å²) in [5, 5.41) is 22.0. The number of aliphatic imine (C=N–C) groups is 1. The molecule has 1 aliphatic rings. The van der Waals surface area contributed by atoms with Gasteiger partial charge in [-0.2, -0.15) is 0 Å². The lowest BCUT2D eigenvalue weighted by Gasteiger charge is -2.27. The Bertz CT molecular complexity index is 2530. The minimum atomic E-state index is -1.44. The normalized spacial score (nSPS) is 22.8. The maximum Gasteiger partial charge on any atom is 0.243 e. The number of carbonyl (C=O) groups excluding carboxylic acids is 9. The number of hydrogen-bond acceptors (Lipinski definition) is 11. The zero-order chi connectivity index (χ0) is 51.5. The molecule has 71 heavy (non-hydrogen) atoms. The molecular weight excluding hydrogens is 919 g/mol. The minimum Gasteiger partial charge on any atom is -0.370 e. The van der Waals surface area contributed by atoms with Gasteiger partial charge >= 0.3 is 0 Å². The number of imidazole rings is 1. The van der Waals surface area contributed by atoms with Crippen molar-refractivity contribution in [3.63, 3.8) is 0 Å². The molecule has 2 aromatic heterocycles. The number of fused-ring (bicyclic) bond motifs is 1. The van der Waals surface area contributed by atoms with Crippen molar-refractivity contribution in [1.29, 1.82) is 0 Å². The standard InChI is InChI=1S/C47H63N15O9/c1-26-41(66)58-33(40(48)65)15-8-9-17-52-39(64)22-38(57-27(2)63)46(71)62-37(21-30-24-51-25-55-30)45(70)60-35(19-28-11-4-3-5-12-28)44(69)59-34(16-10-18-53-47(49)50)42(67)61-36(43(68)56-26)20-29-23-54-32-14-7-6-13-31(29)32/h3-7,11-14,23-26,33-38,54H,8-10,15-22H2,1-2H3,(H2,48,65)(H,51,55)(H,52,64)(H,56,68)(H,57,63)(H,58,66)(H,59,69)(H,60,70)(H,61,67)(H,62,71)(H4,49,50,53)/t26-,33-,34-,35+,36-,37-,38-/m0/s1. The molecule has 24 nitrogen and oxygen atoms in total. The number of primary amides is 1. The van der Waals surface area contributed by atoms with Crippen molar-refractivity contribution in [3.8, 4) is 0 Å². The Balaban J connectivity index is 1.53. The number of rotatable bonds is 12. The first kappa shape index (κ1) is 53.6. The van der Waals surface area contributed by atoms with Gasteiger partial charge in [0, 0.05) is 68.3 Å². The second-order valence-corrected chi connectivity index (χ2v) is 17.2. The van der Waals surface area contributed by atoms with Crippen LogP contribution in [-0.2, 0) is 62.4 Å². The van der Waals surface area contributed by atoms with Gasteiger partial charge in [0.2, 0.25) is 53.2 Å². The van der Waals surface area contributed by atoms with Crippen molar-refractivity contribution >= 4 is 70.0 Å². The fourth-order valence-electron chi connectivity index (χ4n) is 7.85. The summed E-state index contributed by atoms with van der Waals surface area (Å²) in [5.74, 6) is -7.20. The predicted octanol–water partition coefficient (Wildman–Crippen LogP) is -2.42. The van der Waals surface area contributed by atoms with Crippen LogP contribution in [0.2, 0.25) is 0 Å². The molecule has 5 rings (SSSR count). The average Bonchev–Trinajstić information content (AvgIpc) is 4.00. The summed E-state index contributed by atoms with van der Waals surface area (Å²) in [5.41, 5.74) is 19.2. The fraction of sp³-hybridized carbons (Fsp3) is 0.426. The Morgan fingerprint density at radius 2 is 1.35 bits per heavy atom. The number of aromatic nitrogens is 3. The monoisotopic (exact) mass is 981 g/mol. The second kappa shape index (κ2) is 26.4. The number of nitrogens with zero attached hydrogens (tertiary/aromatic N) is 2. The summed E-state index contributed by atoms with van der Waals surface area (Å²) >= 11 is 0. The van der Waals surface area contributed by atoms with Gasteiger partial charge in [-0.3, -0.25) is 48.1 Å². The lowest BCUT2D eigenvalue weighted by molar-refractivity contribution is -0.136. The summed E-state index contributed by atoms with van der Waals surface area (Å²) in [6, 6.07) is 6.63. The molecule has 4 aromatic rings. The molecule has 24 heteroatoms. The van der Waals surface area contributed by atoms with E-state index in [9.17, 15) is 43.2 Å². The van der Waals surface area contributed by atoms with E-state index in [-0.39, 0.29) is 57.6 Å². The maximum atomic E-state index is 14.6. The lowest BCUT2D eigenvalue weighted by atomic mass is 10.0. The predicted molar refractivity (Wildman–Crippen MR) is 260 cm³/mol. The summed E-state index contributed by atoms with van der Waals surface area (Å²) in [6.45, 7) is 2.68. The first-order chi connectivity index (χ1) is 34.0. The highest BCUT2D eigenvalue weighted by Crippen LogP contribution is 2.20. The molecule has 0 saturated carbocycles. The molecule has 380 valence electrons. The van der Waals surface area contributed by atoms with E-state index in [0.717, 1.165) is 17.8 Å². The van der Waals surface area contributed by atoms with Crippen LogP contribution in [0.1, 0.15) is 69.2 Å². The third kappa shape index (κ3) is 17.0. The smallest absolute Gasteiger partial charge is 0.243 e. The number of guanidine groups is 1. The van der Waals surface area contributed by atoms with Crippen LogP contribution < -0.4 is 59.7 Å². The first-order valence-electron chi connectivity index (χ1n) is 23.2. The van der Waals surface area contributed by atoms with E-state index in [1.807, 2.05) is 24.3 Å². The maximum absolute atomic E-state index is 14.6. The number of aromatic amines is 2. The zero-order valence-electron chi connectivity index (χ0n) is 39.5. The van der Waals surface area contributed by atoms with Gasteiger partial charge in [-0.25, -0.2) is 4.98 Å². The van der Waals surface area contributed by atoms with Crippen LogP contribution in [-0.4, -0.2) is 129 Å². The van der Waals surface area contributed by atoms with E-state index in [2.05, 4.69) is 62.5 Å². The molecular formula is C47H63N15O9. The molecule has 0 aliphatic carbocycles. The van der Waals surface area contributed by atoms with Crippen LogP contribution in [0.25, 0.3) is 10.9 Å². The molecule has 0 radical (unpaired) electrons. The molecule has 3 heterocycles. The van der Waals surface area contributed by atoms with Crippen LogP contribution in [0.15, 0.2) is 78.3 Å². The van der Waals surface area contributed by atoms with Crippen LogP contribution >= 0.6 is 0 Å². The van der Waals surface area contributed by atoms with Crippen molar-refractivity contribution < 1.29 is 43.2 Å². The Morgan fingerprint density at radius 1 is 0.718 bits per heavy atom. The highest BCUT2D eigenvalue weighted by molar-refractivity contribution is 5.98. The number of hydrogen-bond donors (Lipinski definition) is 13. The van der Waals surface area contributed by atoms with Gasteiger partial charge in [0.25, 0.3) is 0 Å². The number of benzene rings is 2. The average molecular weight is 982 g/mol. The number of H-pyrrole nitrogens is 2. The number of carbonyl (C=O) groups is 9. The van der Waals surface area contributed by atoms with Crippen LogP contribution in [0, 0.1) is 0 Å². The number of nitrogens with two attached hydrogens (primary N) is 3. The third-order valence-electron chi connectivity index (χ3n) is 11.6. The third-order valence-corrected chi connectivity index (χ3v) is 11.6. The second-order valence-electron chi connectivity index (χ2n) is 17.2. The van der Waals surface area contributed by atoms with Crippen LogP contribution in [0.3, 0.4) is 0 Å². The molecule has 1 fully saturated rings. The highest BCUT2D eigenvalue weighted by atomic mass is 16.2. The Hall–Kier alpha value is -8.31. The minimum absolute atomic E-state index is 0.0560. The molecule has 2 aromatic carbocycles. The van der Waals surface area contributed by atoms with Crippen molar-refractivity contribution in [2.45, 2.75) is 114 Å². The van der Waals surface area contributed by atoms with Gasteiger partial charge in [-0.05, 0) is 56.2 Å². The van der Waals surface area contributed by atoms with E-state index in [1.165, 1.54) is 19.4 Å². The van der Waals surface area contributed by atoms with Gasteiger partial charge in [0.1, 0.15) is 42.3 Å². The van der Waals surface area contributed by atoms with E-state index in [1.54, 1.807) is 36.5 Å². The SMILES string of the molecule is CC(=O)N[C@H]1CC(=O)NCCCC[C@@H](C(N)=O)NC(=O)[C@H](C)NC(=O)[C@H](Cc2c[nH]c3ccccc23)NC(=O)[C@H](CCCN=C(N)N)NC(=O)[C@@H](Cc2ccccc2)NC(=O)[C@H](Cc2cnc[nH]2)NC1=O. The van der Waals surface area contributed by atoms with Gasteiger partial charge in [0.05, 0.1) is 12.7 Å². The molecule has 0 spiro atoms. The number of para-hydroxylation sites is 1. The summed E-state index contributed by atoms with van der Waals surface area (Å²) in [7, 11) is 0. The van der Waals surface area contributed by atoms with Crippen molar-refractivity contribution in [2.24, 2.45) is 22.2 Å². The van der Waals surface area contributed by atoms with Crippen LogP contribution in [0.5, 0.6) is 0 Å². The van der Waals surface area contributed by atoms with E-state index in [4.69, 9.17) is 17.2 Å². The molecule has 1 aliphatic heterocycles. The van der Waals surface area contributed by atoms with Crippen molar-refractivity contribution in [2.75, 3.05) is 13.1 Å². The van der Waals surface area contributed by atoms with Gasteiger partial charge < -0.3 is 69.7 Å². The molecule has 7 atom stereocenters. The van der Waals surface area contributed by atoms with Gasteiger partial charge in [0.15, 0.2) is 5.96 Å². The molecule has 1 saturated heterocycles. The summed E-state index contributed by atoms with van der Waals surface area (Å²) in [4.78, 5) is 137. The highest BCUT2D eigenvalue weighted by Gasteiger charge is 2.34. The number of amides is 9. The molecule has 0 bridgehead atoms. The summed E-state index contributed by atoms with van der Waals surface area (Å²) < 4.78 is 0. The van der Waals surface area contributed by atoms with Crippen LogP contribution in [0.4, 0.5) is 0 Å². The molecule has 9 amide bonds. The number of nitrogens with one attached hydrogen (secondary N) is 10. The lowest BCUT2D eigenvalue weighted by Crippen LogP contribution is -2.60.